The van der Waals surface area contributed by atoms with Crippen LogP contribution in [-0.4, -0.2) is 22.4 Å². The van der Waals surface area contributed by atoms with Crippen molar-refractivity contribution in [3.05, 3.63) is 95.2 Å². The molecule has 0 spiro atoms. The number of rotatable bonds is 5. The smallest absolute Gasteiger partial charge is 0.164 e. The van der Waals surface area contributed by atoms with E-state index >= 15 is 0 Å². The van der Waals surface area contributed by atoms with Crippen molar-refractivity contribution in [1.29, 1.82) is 0 Å². The van der Waals surface area contributed by atoms with E-state index in [2.05, 4.69) is 17.1 Å². The second-order valence-corrected chi connectivity index (χ2v) is 7.03. The van der Waals surface area contributed by atoms with Crippen LogP contribution in [0.25, 0.3) is 5.76 Å². The highest BCUT2D eigenvalue weighted by atomic mass is 16.3. The molecule has 0 unspecified atom stereocenters. The first kappa shape index (κ1) is 18.0. The summed E-state index contributed by atoms with van der Waals surface area (Å²) in [5, 5.41) is 10.8. The van der Waals surface area contributed by atoms with Gasteiger partial charge < -0.3 is 10.0 Å². The number of benzene rings is 2. The summed E-state index contributed by atoms with van der Waals surface area (Å²) in [6.07, 6.45) is 2.72. The number of carbonyl (C=O) groups is 1. The number of para-hydroxylation sites is 1. The van der Waals surface area contributed by atoms with E-state index in [0.29, 0.717) is 36.3 Å². The Morgan fingerprint density at radius 3 is 2.54 bits per heavy atom. The summed E-state index contributed by atoms with van der Waals surface area (Å²) in [5.74, 6) is 0.680. The van der Waals surface area contributed by atoms with Crippen LogP contribution >= 0.6 is 0 Å². The number of carbonyl (C=O) groups excluding carboxylic acids is 1. The topological polar surface area (TPSA) is 53.4 Å². The number of Topliss-reactive ketones (excluding diaryl/α,β-unsaturated/α-hetero) is 1. The minimum Gasteiger partial charge on any atom is -0.507 e. The molecule has 2 heterocycles. The van der Waals surface area contributed by atoms with Gasteiger partial charge in [0, 0.05) is 18.3 Å². The lowest BCUT2D eigenvalue weighted by Crippen LogP contribution is -2.30. The molecule has 0 aliphatic carbocycles. The van der Waals surface area contributed by atoms with Crippen molar-refractivity contribution in [2.24, 2.45) is 0 Å². The molecule has 4 rings (SSSR count). The van der Waals surface area contributed by atoms with Crippen LogP contribution in [0.3, 0.4) is 0 Å². The summed E-state index contributed by atoms with van der Waals surface area (Å²) in [4.78, 5) is 19.4. The SMILES string of the molecule is Cc1ccc(CCC(=O)C2=C(O)c3cccnc3N(c3ccccc3)C2)cc1. The van der Waals surface area contributed by atoms with Crippen molar-refractivity contribution in [2.75, 3.05) is 11.4 Å². The first-order valence-electron chi connectivity index (χ1n) is 9.42. The van der Waals surface area contributed by atoms with Crippen molar-refractivity contribution < 1.29 is 9.90 Å². The van der Waals surface area contributed by atoms with Crippen LogP contribution in [0.15, 0.2) is 78.5 Å². The molecule has 0 saturated carbocycles. The summed E-state index contributed by atoms with van der Waals surface area (Å²) >= 11 is 0. The highest BCUT2D eigenvalue weighted by Gasteiger charge is 2.29. The van der Waals surface area contributed by atoms with Gasteiger partial charge in [-0.2, -0.15) is 0 Å². The van der Waals surface area contributed by atoms with Crippen molar-refractivity contribution in [3.63, 3.8) is 0 Å². The van der Waals surface area contributed by atoms with Crippen molar-refractivity contribution in [1.82, 2.24) is 4.98 Å². The Labute approximate surface area is 164 Å². The van der Waals surface area contributed by atoms with Crippen LogP contribution in [0.1, 0.15) is 23.1 Å². The number of pyridine rings is 1. The Morgan fingerprint density at radius 1 is 1.04 bits per heavy atom. The Balaban J connectivity index is 1.62. The molecule has 0 amide bonds. The molecule has 0 saturated heterocycles. The number of fused-ring (bicyclic) bond motifs is 1. The van der Waals surface area contributed by atoms with Crippen molar-refractivity contribution in [3.8, 4) is 0 Å². The van der Waals surface area contributed by atoms with E-state index in [1.54, 1.807) is 18.3 Å². The molecule has 0 fully saturated rings. The number of hydrogen-bond donors (Lipinski definition) is 1. The van der Waals surface area contributed by atoms with E-state index in [1.165, 1.54) is 5.56 Å². The molecule has 1 aliphatic rings. The summed E-state index contributed by atoms with van der Waals surface area (Å²) in [6.45, 7) is 2.36. The number of ketones is 1. The molecule has 0 radical (unpaired) electrons. The van der Waals surface area contributed by atoms with E-state index < -0.39 is 0 Å². The number of hydrogen-bond acceptors (Lipinski definition) is 4. The maximum atomic E-state index is 13.0. The predicted molar refractivity (Wildman–Crippen MR) is 112 cm³/mol. The highest BCUT2D eigenvalue weighted by molar-refractivity contribution is 6.05. The zero-order chi connectivity index (χ0) is 19.5. The summed E-state index contributed by atoms with van der Waals surface area (Å²) in [6, 6.07) is 21.6. The van der Waals surface area contributed by atoms with Gasteiger partial charge in [0.25, 0.3) is 0 Å². The Bertz CT molecular complexity index is 1020. The number of aryl methyl sites for hydroxylation is 2. The zero-order valence-electron chi connectivity index (χ0n) is 15.8. The molecule has 4 heteroatoms. The number of anilines is 2. The van der Waals surface area contributed by atoms with Gasteiger partial charge in [-0.15, -0.1) is 0 Å². The molecule has 0 atom stereocenters. The van der Waals surface area contributed by atoms with Crippen LogP contribution in [0.4, 0.5) is 11.5 Å². The number of aromatic nitrogens is 1. The summed E-state index contributed by atoms with van der Waals surface area (Å²) in [7, 11) is 0. The molecule has 4 nitrogen and oxygen atoms in total. The lowest BCUT2D eigenvalue weighted by molar-refractivity contribution is -0.115. The van der Waals surface area contributed by atoms with Gasteiger partial charge in [-0.25, -0.2) is 4.98 Å². The lowest BCUT2D eigenvalue weighted by atomic mass is 9.96. The van der Waals surface area contributed by atoms with Crippen LogP contribution < -0.4 is 4.90 Å². The van der Waals surface area contributed by atoms with E-state index in [4.69, 9.17) is 0 Å². The molecule has 28 heavy (non-hydrogen) atoms. The molecule has 2 aromatic carbocycles. The first-order chi connectivity index (χ1) is 13.6. The van der Waals surface area contributed by atoms with Crippen LogP contribution in [-0.2, 0) is 11.2 Å². The molecule has 1 aromatic heterocycles. The van der Waals surface area contributed by atoms with Crippen LogP contribution in [0, 0.1) is 6.92 Å². The average Bonchev–Trinajstić information content (AvgIpc) is 2.74. The minimum absolute atomic E-state index is 0.0338. The molecular formula is C24H22N2O2. The van der Waals surface area contributed by atoms with E-state index in [-0.39, 0.29) is 11.5 Å². The lowest BCUT2D eigenvalue weighted by Gasteiger charge is -2.31. The number of aliphatic hydroxyl groups is 1. The second kappa shape index (κ2) is 7.69. The van der Waals surface area contributed by atoms with Gasteiger partial charge in [-0.3, -0.25) is 4.79 Å². The minimum atomic E-state index is -0.0338. The van der Waals surface area contributed by atoms with Crippen LogP contribution in [0.2, 0.25) is 0 Å². The molecular weight excluding hydrogens is 348 g/mol. The normalized spacial score (nSPS) is 13.4. The second-order valence-electron chi connectivity index (χ2n) is 7.03. The van der Waals surface area contributed by atoms with Gasteiger partial charge in [0.15, 0.2) is 5.78 Å². The Morgan fingerprint density at radius 2 is 1.79 bits per heavy atom. The average molecular weight is 370 g/mol. The van der Waals surface area contributed by atoms with Gasteiger partial charge in [0.1, 0.15) is 11.6 Å². The molecule has 0 bridgehead atoms. The van der Waals surface area contributed by atoms with Gasteiger partial charge in [0.05, 0.1) is 17.7 Å². The van der Waals surface area contributed by atoms with E-state index in [0.717, 1.165) is 11.3 Å². The van der Waals surface area contributed by atoms with E-state index in [9.17, 15) is 9.90 Å². The molecule has 140 valence electrons. The van der Waals surface area contributed by atoms with Crippen LogP contribution in [0.5, 0.6) is 0 Å². The Kier molecular flexibility index (Phi) is 4.94. The molecule has 3 aromatic rings. The van der Waals surface area contributed by atoms with Crippen molar-refractivity contribution >= 4 is 23.0 Å². The third-order valence-electron chi connectivity index (χ3n) is 5.07. The maximum Gasteiger partial charge on any atom is 0.164 e. The zero-order valence-corrected chi connectivity index (χ0v) is 15.8. The highest BCUT2D eigenvalue weighted by Crippen LogP contribution is 2.36. The van der Waals surface area contributed by atoms with Gasteiger partial charge in [-0.1, -0.05) is 48.0 Å². The summed E-state index contributed by atoms with van der Waals surface area (Å²) in [5.41, 5.74) is 4.30. The van der Waals surface area contributed by atoms with Gasteiger partial charge in [-0.05, 0) is 43.2 Å². The largest absolute Gasteiger partial charge is 0.507 e. The summed E-state index contributed by atoms with van der Waals surface area (Å²) < 4.78 is 0. The first-order valence-corrected chi connectivity index (χ1v) is 9.42. The van der Waals surface area contributed by atoms with Crippen molar-refractivity contribution in [2.45, 2.75) is 19.8 Å². The number of aliphatic hydroxyl groups excluding tert-OH is 1. The fourth-order valence-electron chi connectivity index (χ4n) is 3.47. The third kappa shape index (κ3) is 3.54. The standard InChI is InChI=1S/C24H22N2O2/c1-17-9-11-18(12-10-17)13-14-22(27)21-16-26(19-6-3-2-4-7-19)24-20(23(21)28)8-5-15-25-24/h2-12,15,28H,13-14,16H2,1H3. The maximum absolute atomic E-state index is 13.0. The monoisotopic (exact) mass is 370 g/mol. The fraction of sp³-hybridized carbons (Fsp3) is 0.167. The molecule has 1 N–H and O–H groups in total. The molecule has 1 aliphatic heterocycles. The Hall–Kier alpha value is -3.40. The third-order valence-corrected chi connectivity index (χ3v) is 5.07. The van der Waals surface area contributed by atoms with Gasteiger partial charge >= 0.3 is 0 Å². The fourth-order valence-corrected chi connectivity index (χ4v) is 3.47. The van der Waals surface area contributed by atoms with Gasteiger partial charge in [0.2, 0.25) is 0 Å². The predicted octanol–water partition coefficient (Wildman–Crippen LogP) is 5.01. The quantitative estimate of drug-likeness (QED) is 0.686. The van der Waals surface area contributed by atoms with E-state index in [1.807, 2.05) is 54.3 Å². The number of nitrogens with zero attached hydrogens (tertiary/aromatic N) is 2.